The Kier molecular flexibility index (Phi) is 5.86. The summed E-state index contributed by atoms with van der Waals surface area (Å²) in [7, 11) is 3.24. The van der Waals surface area contributed by atoms with Crippen molar-refractivity contribution in [1.29, 1.82) is 0 Å². The minimum absolute atomic E-state index is 0.138. The summed E-state index contributed by atoms with van der Waals surface area (Å²) in [5, 5.41) is 10.3. The molecule has 4 heterocycles. The van der Waals surface area contributed by atoms with Gasteiger partial charge in [0.2, 0.25) is 0 Å². The molecule has 0 radical (unpaired) electrons. The van der Waals surface area contributed by atoms with Crippen LogP contribution >= 0.6 is 23.2 Å². The van der Waals surface area contributed by atoms with E-state index >= 15 is 0 Å². The summed E-state index contributed by atoms with van der Waals surface area (Å²) >= 11 is 12.6. The molecule has 7 nitrogen and oxygen atoms in total. The van der Waals surface area contributed by atoms with Crippen LogP contribution < -0.4 is 9.47 Å². The summed E-state index contributed by atoms with van der Waals surface area (Å²) in [6.45, 7) is 5.85. The molecule has 0 amide bonds. The van der Waals surface area contributed by atoms with Crippen molar-refractivity contribution in [3.8, 4) is 11.5 Å². The van der Waals surface area contributed by atoms with E-state index in [9.17, 15) is 0 Å². The van der Waals surface area contributed by atoms with Crippen LogP contribution in [0.1, 0.15) is 11.1 Å². The molecule has 0 atom stereocenters. The zero-order valence-electron chi connectivity index (χ0n) is 18.1. The molecule has 2 aromatic rings. The Labute approximate surface area is 197 Å². The van der Waals surface area contributed by atoms with Crippen LogP contribution in [0, 0.1) is 5.41 Å². The quantitative estimate of drug-likeness (QED) is 0.473. The van der Waals surface area contributed by atoms with Crippen molar-refractivity contribution in [3.05, 3.63) is 57.6 Å². The summed E-state index contributed by atoms with van der Waals surface area (Å²) in [5.41, 5.74) is 2.63. The average molecular weight is 474 g/mol. The van der Waals surface area contributed by atoms with Gasteiger partial charge in [-0.3, -0.25) is 14.7 Å². The van der Waals surface area contributed by atoms with Crippen LogP contribution in [0.4, 0.5) is 0 Å². The number of nitrogens with zero attached hydrogens (tertiary/aromatic N) is 5. The largest absolute Gasteiger partial charge is 0.493 e. The number of halogens is 2. The van der Waals surface area contributed by atoms with Gasteiger partial charge in [0.25, 0.3) is 0 Å². The number of methoxy groups -OCH3 is 2. The van der Waals surface area contributed by atoms with E-state index in [2.05, 4.69) is 19.8 Å². The average Bonchev–Trinajstić information content (AvgIpc) is 2.77. The summed E-state index contributed by atoms with van der Waals surface area (Å²) < 4.78 is 10.7. The van der Waals surface area contributed by atoms with Gasteiger partial charge in [-0.25, -0.2) is 0 Å². The highest BCUT2D eigenvalue weighted by molar-refractivity contribution is 6.42. The monoisotopic (exact) mass is 473 g/mol. The molecule has 0 aromatic heterocycles. The summed E-state index contributed by atoms with van der Waals surface area (Å²) in [4.78, 5) is 7.38. The first-order valence-electron chi connectivity index (χ1n) is 10.5. The molecule has 32 heavy (non-hydrogen) atoms. The molecular weight excluding hydrogens is 449 g/mol. The van der Waals surface area contributed by atoms with E-state index in [-0.39, 0.29) is 5.41 Å². The van der Waals surface area contributed by atoms with E-state index in [0.717, 1.165) is 56.5 Å². The summed E-state index contributed by atoms with van der Waals surface area (Å²) in [6.07, 6.45) is 1.74. The van der Waals surface area contributed by atoms with Crippen molar-refractivity contribution in [2.75, 3.05) is 53.9 Å². The van der Waals surface area contributed by atoms with Crippen molar-refractivity contribution < 1.29 is 9.47 Å². The van der Waals surface area contributed by atoms with Crippen molar-refractivity contribution >= 4 is 35.1 Å². The highest BCUT2D eigenvalue weighted by Crippen LogP contribution is 2.39. The van der Waals surface area contributed by atoms with Gasteiger partial charge in [-0.05, 0) is 35.9 Å². The number of benzene rings is 2. The second-order valence-corrected chi connectivity index (χ2v) is 9.44. The Balaban J connectivity index is 1.52. The molecule has 0 unspecified atom stereocenters. The van der Waals surface area contributed by atoms with Gasteiger partial charge in [-0.15, -0.1) is 0 Å². The minimum atomic E-state index is -0.138. The lowest BCUT2D eigenvalue weighted by atomic mass is 9.74. The van der Waals surface area contributed by atoms with E-state index < -0.39 is 0 Å². The fraction of sp³-hybridized carbons (Fsp3) is 0.391. The Morgan fingerprint density at radius 2 is 1.53 bits per heavy atom. The van der Waals surface area contributed by atoms with Crippen LogP contribution in [0.3, 0.4) is 0 Å². The lowest BCUT2D eigenvalue weighted by Crippen LogP contribution is -2.74. The minimum Gasteiger partial charge on any atom is -0.493 e. The van der Waals surface area contributed by atoms with Crippen LogP contribution in [0.15, 0.2) is 46.6 Å². The number of ether oxygens (including phenoxy) is 2. The SMILES string of the molecule is COc1ccc(/C=N/N=C(/c2ccc(Cl)c(Cl)c2)C23CN4CN(CN(C4)C2)C3)cc1OC. The van der Waals surface area contributed by atoms with E-state index in [1.165, 1.54) is 0 Å². The van der Waals surface area contributed by atoms with Crippen molar-refractivity contribution in [2.24, 2.45) is 15.6 Å². The molecule has 0 aliphatic carbocycles. The summed E-state index contributed by atoms with van der Waals surface area (Å²) in [6, 6.07) is 11.4. The highest BCUT2D eigenvalue weighted by atomic mass is 35.5. The molecule has 4 fully saturated rings. The fourth-order valence-corrected chi connectivity index (χ4v) is 5.44. The molecular formula is C23H25Cl2N5O2. The third kappa shape index (κ3) is 4.00. The molecule has 0 spiro atoms. The maximum absolute atomic E-state index is 6.38. The van der Waals surface area contributed by atoms with E-state index in [0.29, 0.717) is 21.5 Å². The second-order valence-electron chi connectivity index (χ2n) is 8.63. The topological polar surface area (TPSA) is 52.9 Å². The van der Waals surface area contributed by atoms with Gasteiger partial charge < -0.3 is 9.47 Å². The van der Waals surface area contributed by atoms with E-state index in [1.54, 1.807) is 20.4 Å². The number of rotatable bonds is 6. The van der Waals surface area contributed by atoms with Gasteiger partial charge in [-0.2, -0.15) is 10.2 Å². The van der Waals surface area contributed by atoms with Gasteiger partial charge in [0, 0.05) is 25.2 Å². The molecule has 9 heteroatoms. The lowest BCUT2D eigenvalue weighted by molar-refractivity contribution is -0.149. The molecule has 0 saturated carbocycles. The van der Waals surface area contributed by atoms with E-state index in [1.807, 2.05) is 36.4 Å². The standard InChI is InChI=1S/C23H25Cl2N5O2/c1-31-20-6-3-16(7-21(20)32-2)9-26-27-22(17-4-5-18(24)19(25)8-17)23-10-28-13-29(11-23)15-30(12-23)14-28/h3-9H,10-15H2,1-2H3/b26-9+,27-22-. The molecule has 4 bridgehead atoms. The first-order valence-corrected chi connectivity index (χ1v) is 11.2. The van der Waals surface area contributed by atoms with Gasteiger partial charge >= 0.3 is 0 Å². The zero-order chi connectivity index (χ0) is 22.3. The highest BCUT2D eigenvalue weighted by Gasteiger charge is 2.51. The van der Waals surface area contributed by atoms with Crippen LogP contribution in [0.25, 0.3) is 0 Å². The Morgan fingerprint density at radius 1 is 0.875 bits per heavy atom. The maximum atomic E-state index is 6.38. The lowest BCUT2D eigenvalue weighted by Gasteiger charge is -2.60. The zero-order valence-corrected chi connectivity index (χ0v) is 19.6. The van der Waals surface area contributed by atoms with Gasteiger partial charge in [0.15, 0.2) is 11.5 Å². The summed E-state index contributed by atoms with van der Waals surface area (Å²) in [5.74, 6) is 1.33. The fourth-order valence-electron chi connectivity index (χ4n) is 5.14. The predicted octanol–water partition coefficient (Wildman–Crippen LogP) is 3.64. The van der Waals surface area contributed by atoms with Gasteiger partial charge in [-0.1, -0.05) is 29.3 Å². The molecule has 4 aliphatic rings. The van der Waals surface area contributed by atoms with Crippen LogP contribution in [0.2, 0.25) is 10.0 Å². The smallest absolute Gasteiger partial charge is 0.161 e. The molecule has 6 rings (SSSR count). The maximum Gasteiger partial charge on any atom is 0.161 e. The third-order valence-corrected chi connectivity index (χ3v) is 6.99. The Hall–Kier alpha value is -2.16. The van der Waals surface area contributed by atoms with Gasteiger partial charge in [0.05, 0.1) is 61.6 Å². The van der Waals surface area contributed by atoms with Crippen LogP contribution in [0.5, 0.6) is 11.5 Å². The first kappa shape index (κ1) is 21.7. The number of hydrogen-bond acceptors (Lipinski definition) is 7. The second kappa shape index (κ2) is 8.65. The Morgan fingerprint density at radius 3 is 2.12 bits per heavy atom. The number of hydrogen-bond donors (Lipinski definition) is 0. The van der Waals surface area contributed by atoms with Crippen LogP contribution in [-0.2, 0) is 0 Å². The van der Waals surface area contributed by atoms with Crippen molar-refractivity contribution in [3.63, 3.8) is 0 Å². The van der Waals surface area contributed by atoms with E-state index in [4.69, 9.17) is 37.8 Å². The predicted molar refractivity (Wildman–Crippen MR) is 127 cm³/mol. The Bertz CT molecular complexity index is 1050. The van der Waals surface area contributed by atoms with Crippen molar-refractivity contribution in [1.82, 2.24) is 14.7 Å². The molecule has 4 aliphatic heterocycles. The molecule has 2 aromatic carbocycles. The van der Waals surface area contributed by atoms with Gasteiger partial charge in [0.1, 0.15) is 0 Å². The van der Waals surface area contributed by atoms with Crippen LogP contribution in [-0.4, -0.2) is 80.5 Å². The normalized spacial score (nSPS) is 29.0. The molecule has 168 valence electrons. The van der Waals surface area contributed by atoms with Crippen molar-refractivity contribution in [2.45, 2.75) is 0 Å². The first-order chi connectivity index (χ1) is 15.5. The molecule has 4 saturated heterocycles. The molecule has 0 N–H and O–H groups in total. The third-order valence-electron chi connectivity index (χ3n) is 6.25.